The molecule has 0 aliphatic carbocycles. The van der Waals surface area contributed by atoms with Crippen molar-refractivity contribution >= 4 is 33.6 Å². The summed E-state index contributed by atoms with van der Waals surface area (Å²) in [5, 5.41) is 14.2. The summed E-state index contributed by atoms with van der Waals surface area (Å²) in [4.78, 5) is 23.5. The van der Waals surface area contributed by atoms with Crippen LogP contribution in [0.25, 0.3) is 21.7 Å². The molecule has 1 aliphatic rings. The Balaban J connectivity index is 1.94. The molecule has 0 spiro atoms. The summed E-state index contributed by atoms with van der Waals surface area (Å²) in [5.74, 6) is -0.910. The van der Waals surface area contributed by atoms with Crippen LogP contribution in [0.3, 0.4) is 0 Å². The van der Waals surface area contributed by atoms with Crippen molar-refractivity contribution in [3.8, 4) is 6.07 Å². The van der Waals surface area contributed by atoms with Gasteiger partial charge in [0.2, 0.25) is 11.8 Å². The number of fused-ring (bicyclic) bond motifs is 3. The second kappa shape index (κ2) is 4.96. The number of imide groups is 1. The summed E-state index contributed by atoms with van der Waals surface area (Å²) in [6, 6.07) is 11.3. The van der Waals surface area contributed by atoms with Gasteiger partial charge in [-0.2, -0.15) is 5.26 Å². The maximum Gasteiger partial charge on any atom is 0.234 e. The molecule has 1 saturated heterocycles. The fraction of sp³-hybridized carbons (Fsp3) is 0.167. The molecular formula is C18H12N2O3. The van der Waals surface area contributed by atoms with E-state index in [4.69, 9.17) is 9.68 Å². The molecule has 5 heteroatoms. The number of piperidine rings is 1. The van der Waals surface area contributed by atoms with Gasteiger partial charge in [0, 0.05) is 17.4 Å². The van der Waals surface area contributed by atoms with E-state index in [1.807, 2.05) is 24.3 Å². The molecule has 1 fully saturated rings. The van der Waals surface area contributed by atoms with Crippen molar-refractivity contribution in [1.82, 2.24) is 5.32 Å². The minimum absolute atomic E-state index is 0.234. The molecule has 0 unspecified atom stereocenters. The minimum atomic E-state index is -0.393. The summed E-state index contributed by atoms with van der Waals surface area (Å²) in [6.45, 7) is 0. The predicted octanol–water partition coefficient (Wildman–Crippen LogP) is 2.98. The highest BCUT2D eigenvalue weighted by Crippen LogP contribution is 2.36. The van der Waals surface area contributed by atoms with Gasteiger partial charge in [0.15, 0.2) is 0 Å². The first-order valence-corrected chi connectivity index (χ1v) is 7.35. The number of carbonyl (C=O) groups excluding carboxylic acids is 2. The summed E-state index contributed by atoms with van der Waals surface area (Å²) in [7, 11) is 0. The van der Waals surface area contributed by atoms with Gasteiger partial charge in [0.25, 0.3) is 0 Å². The van der Waals surface area contributed by atoms with Crippen molar-refractivity contribution in [3.05, 3.63) is 47.7 Å². The lowest BCUT2D eigenvalue weighted by atomic mass is 9.88. The van der Waals surface area contributed by atoms with E-state index in [-0.39, 0.29) is 11.8 Å². The lowest BCUT2D eigenvalue weighted by Gasteiger charge is -2.20. The lowest BCUT2D eigenvalue weighted by molar-refractivity contribution is -0.134. The molecule has 2 heterocycles. The smallest absolute Gasteiger partial charge is 0.234 e. The molecule has 1 aliphatic heterocycles. The topological polar surface area (TPSA) is 83.1 Å². The Morgan fingerprint density at radius 2 is 2.09 bits per heavy atom. The van der Waals surface area contributed by atoms with E-state index in [1.165, 1.54) is 0 Å². The molecular weight excluding hydrogens is 292 g/mol. The number of hydrogen-bond donors (Lipinski definition) is 1. The Kier molecular flexibility index (Phi) is 2.91. The van der Waals surface area contributed by atoms with Crippen LogP contribution in [0.2, 0.25) is 0 Å². The average Bonchev–Trinajstić information content (AvgIpc) is 2.98. The highest BCUT2D eigenvalue weighted by atomic mass is 16.3. The van der Waals surface area contributed by atoms with Crippen LogP contribution in [0.1, 0.15) is 29.9 Å². The Bertz CT molecular complexity index is 1010. The minimum Gasteiger partial charge on any atom is -0.464 e. The first kappa shape index (κ1) is 13.5. The van der Waals surface area contributed by atoms with E-state index < -0.39 is 5.92 Å². The van der Waals surface area contributed by atoms with Gasteiger partial charge in [0.05, 0.1) is 23.8 Å². The van der Waals surface area contributed by atoms with Gasteiger partial charge in [0.1, 0.15) is 5.58 Å². The number of rotatable bonds is 1. The number of furan rings is 1. The number of carbonyl (C=O) groups is 2. The zero-order valence-corrected chi connectivity index (χ0v) is 12.1. The maximum absolute atomic E-state index is 12.2. The number of benzene rings is 2. The third-order valence-corrected chi connectivity index (χ3v) is 4.33. The van der Waals surface area contributed by atoms with Crippen LogP contribution < -0.4 is 5.32 Å². The quantitative estimate of drug-likeness (QED) is 0.701. The van der Waals surface area contributed by atoms with Gasteiger partial charge < -0.3 is 4.42 Å². The van der Waals surface area contributed by atoms with Crippen molar-refractivity contribution in [2.45, 2.75) is 18.8 Å². The molecule has 1 N–H and O–H groups in total. The van der Waals surface area contributed by atoms with Crippen molar-refractivity contribution in [2.24, 2.45) is 0 Å². The SMILES string of the molecule is N#Cc1ccc2c(ccc3occ([C@H]4CCC(=O)NC4=O)c32)c1. The van der Waals surface area contributed by atoms with E-state index in [1.54, 1.807) is 12.3 Å². The lowest BCUT2D eigenvalue weighted by Crippen LogP contribution is -2.39. The Morgan fingerprint density at radius 3 is 2.87 bits per heavy atom. The number of nitrogens with zero attached hydrogens (tertiary/aromatic N) is 1. The fourth-order valence-corrected chi connectivity index (χ4v) is 3.21. The molecule has 0 radical (unpaired) electrons. The molecule has 1 aromatic heterocycles. The summed E-state index contributed by atoms with van der Waals surface area (Å²) in [5.41, 5.74) is 2.07. The fourth-order valence-electron chi connectivity index (χ4n) is 3.21. The number of nitriles is 1. The van der Waals surface area contributed by atoms with E-state index in [0.29, 0.717) is 24.0 Å². The zero-order chi connectivity index (χ0) is 16.0. The van der Waals surface area contributed by atoms with Gasteiger partial charge >= 0.3 is 0 Å². The monoisotopic (exact) mass is 304 g/mol. The van der Waals surface area contributed by atoms with Crippen molar-refractivity contribution in [3.63, 3.8) is 0 Å². The summed E-state index contributed by atoms with van der Waals surface area (Å²) >= 11 is 0. The van der Waals surface area contributed by atoms with Gasteiger partial charge in [-0.15, -0.1) is 0 Å². The largest absolute Gasteiger partial charge is 0.464 e. The van der Waals surface area contributed by atoms with Crippen LogP contribution in [0.5, 0.6) is 0 Å². The second-order valence-corrected chi connectivity index (χ2v) is 5.68. The third-order valence-electron chi connectivity index (χ3n) is 4.33. The molecule has 2 aromatic carbocycles. The second-order valence-electron chi connectivity index (χ2n) is 5.68. The maximum atomic E-state index is 12.2. The first-order chi connectivity index (χ1) is 11.2. The van der Waals surface area contributed by atoms with Gasteiger partial charge in [-0.1, -0.05) is 12.1 Å². The molecule has 0 saturated carbocycles. The van der Waals surface area contributed by atoms with Crippen molar-refractivity contribution in [2.75, 3.05) is 0 Å². The molecule has 1 atom stereocenters. The molecule has 3 aromatic rings. The van der Waals surface area contributed by atoms with Crippen LogP contribution in [-0.2, 0) is 9.59 Å². The summed E-state index contributed by atoms with van der Waals surface area (Å²) in [6.07, 6.45) is 2.40. The molecule has 5 nitrogen and oxygen atoms in total. The predicted molar refractivity (Wildman–Crippen MR) is 83.6 cm³/mol. The zero-order valence-electron chi connectivity index (χ0n) is 12.1. The van der Waals surface area contributed by atoms with Crippen LogP contribution in [0, 0.1) is 11.3 Å². The third kappa shape index (κ3) is 2.08. The van der Waals surface area contributed by atoms with Crippen molar-refractivity contribution in [1.29, 1.82) is 5.26 Å². The summed E-state index contributed by atoms with van der Waals surface area (Å²) < 4.78 is 5.61. The Morgan fingerprint density at radius 1 is 1.22 bits per heavy atom. The van der Waals surface area contributed by atoms with E-state index >= 15 is 0 Å². The molecule has 23 heavy (non-hydrogen) atoms. The highest BCUT2D eigenvalue weighted by molar-refractivity contribution is 6.10. The molecule has 0 bridgehead atoms. The van der Waals surface area contributed by atoms with E-state index in [9.17, 15) is 9.59 Å². The van der Waals surface area contributed by atoms with E-state index in [2.05, 4.69) is 11.4 Å². The van der Waals surface area contributed by atoms with Gasteiger partial charge in [-0.05, 0) is 35.4 Å². The molecule has 2 amide bonds. The molecule has 4 rings (SSSR count). The highest BCUT2D eigenvalue weighted by Gasteiger charge is 2.30. The Labute approximate surface area is 131 Å². The normalized spacial score (nSPS) is 18.1. The van der Waals surface area contributed by atoms with E-state index in [0.717, 1.165) is 21.7 Å². The number of hydrogen-bond acceptors (Lipinski definition) is 4. The molecule has 112 valence electrons. The number of nitrogens with one attached hydrogen (secondary N) is 1. The average molecular weight is 304 g/mol. The number of amides is 2. The van der Waals surface area contributed by atoms with Crippen LogP contribution in [0.4, 0.5) is 0 Å². The van der Waals surface area contributed by atoms with Crippen LogP contribution in [-0.4, -0.2) is 11.8 Å². The van der Waals surface area contributed by atoms with Crippen LogP contribution in [0.15, 0.2) is 41.0 Å². The standard InChI is InChI=1S/C18H12N2O3/c19-8-10-1-3-12-11(7-10)2-5-15-17(12)14(9-23-15)13-4-6-16(21)20-18(13)22/h1-3,5,7,9,13H,4,6H2,(H,20,21,22)/t13-/m1/s1. The van der Waals surface area contributed by atoms with Gasteiger partial charge in [-0.3, -0.25) is 14.9 Å². The Hall–Kier alpha value is -3.13. The van der Waals surface area contributed by atoms with Crippen LogP contribution >= 0.6 is 0 Å². The van der Waals surface area contributed by atoms with Gasteiger partial charge in [-0.25, -0.2) is 0 Å². The van der Waals surface area contributed by atoms with Crippen molar-refractivity contribution < 1.29 is 14.0 Å². The first-order valence-electron chi connectivity index (χ1n) is 7.35.